The van der Waals surface area contributed by atoms with E-state index in [1.165, 1.54) is 0 Å². The van der Waals surface area contributed by atoms with E-state index in [2.05, 4.69) is 13.8 Å². The van der Waals surface area contributed by atoms with Crippen molar-refractivity contribution < 1.29 is 4.79 Å². The van der Waals surface area contributed by atoms with Gasteiger partial charge in [0.25, 0.3) is 0 Å². The summed E-state index contributed by atoms with van der Waals surface area (Å²) in [5, 5.41) is 0. The number of rotatable bonds is 3. The van der Waals surface area contributed by atoms with Crippen LogP contribution in [0.3, 0.4) is 0 Å². The van der Waals surface area contributed by atoms with Crippen molar-refractivity contribution in [3.05, 3.63) is 11.6 Å². The molecule has 0 spiro atoms. The molecule has 0 N–H and O–H groups in total. The summed E-state index contributed by atoms with van der Waals surface area (Å²) in [6, 6.07) is 0. The van der Waals surface area contributed by atoms with Crippen LogP contribution in [0, 0.1) is 5.92 Å². The Balaban J connectivity index is 3.56. The zero-order chi connectivity index (χ0) is 7.28. The van der Waals surface area contributed by atoms with E-state index in [1.54, 1.807) is 0 Å². The third-order valence-electron chi connectivity index (χ3n) is 1.10. The fraction of sp³-hybridized carbons (Fsp3) is 0.625. The lowest BCUT2D eigenvalue weighted by atomic mass is 10.1. The van der Waals surface area contributed by atoms with Crippen LogP contribution in [-0.2, 0) is 4.79 Å². The molecular weight excluding hydrogens is 112 g/mol. The zero-order valence-corrected chi connectivity index (χ0v) is 6.35. The maximum Gasteiger partial charge on any atom is 0.145 e. The topological polar surface area (TPSA) is 17.1 Å². The minimum atomic E-state index is 0.653. The number of hydrogen-bond donors (Lipinski definition) is 0. The van der Waals surface area contributed by atoms with Crippen LogP contribution in [0.5, 0.6) is 0 Å². The predicted octanol–water partition coefficient (Wildman–Crippen LogP) is 2.18. The maximum absolute atomic E-state index is 10.0. The van der Waals surface area contributed by atoms with Crippen molar-refractivity contribution in [3.63, 3.8) is 0 Å². The molecule has 9 heavy (non-hydrogen) atoms. The number of carbonyl (C=O) groups is 1. The minimum Gasteiger partial charge on any atom is -0.298 e. The van der Waals surface area contributed by atoms with Crippen LogP contribution in [-0.4, -0.2) is 6.29 Å². The van der Waals surface area contributed by atoms with E-state index in [4.69, 9.17) is 0 Å². The van der Waals surface area contributed by atoms with E-state index >= 15 is 0 Å². The van der Waals surface area contributed by atoms with Gasteiger partial charge in [-0.3, -0.25) is 4.79 Å². The molecule has 0 aromatic rings. The molecule has 0 aliphatic heterocycles. The van der Waals surface area contributed by atoms with Crippen molar-refractivity contribution in [1.82, 2.24) is 0 Å². The van der Waals surface area contributed by atoms with Crippen LogP contribution >= 0.6 is 0 Å². The second-order valence-corrected chi connectivity index (χ2v) is 2.70. The summed E-state index contributed by atoms with van der Waals surface area (Å²) in [5.74, 6) is 0.653. The van der Waals surface area contributed by atoms with Crippen molar-refractivity contribution in [2.24, 2.45) is 5.92 Å². The van der Waals surface area contributed by atoms with Crippen LogP contribution in [0.2, 0.25) is 0 Å². The van der Waals surface area contributed by atoms with Gasteiger partial charge in [0.05, 0.1) is 0 Å². The van der Waals surface area contributed by atoms with Crippen molar-refractivity contribution in [1.29, 1.82) is 0 Å². The summed E-state index contributed by atoms with van der Waals surface area (Å²) < 4.78 is 0. The Labute approximate surface area is 56.8 Å². The van der Waals surface area contributed by atoms with E-state index in [-0.39, 0.29) is 0 Å². The Bertz CT molecular complexity index is 112. The van der Waals surface area contributed by atoms with Crippen LogP contribution in [0.4, 0.5) is 0 Å². The lowest BCUT2D eigenvalue weighted by Crippen LogP contribution is -1.84. The van der Waals surface area contributed by atoms with E-state index in [0.717, 1.165) is 18.3 Å². The van der Waals surface area contributed by atoms with Gasteiger partial charge in [0.1, 0.15) is 6.29 Å². The molecule has 1 heteroatoms. The Hall–Kier alpha value is -0.590. The predicted molar refractivity (Wildman–Crippen MR) is 39.3 cm³/mol. The van der Waals surface area contributed by atoms with E-state index in [9.17, 15) is 4.79 Å². The van der Waals surface area contributed by atoms with E-state index in [0.29, 0.717) is 5.92 Å². The molecule has 52 valence electrons. The van der Waals surface area contributed by atoms with Gasteiger partial charge in [-0.1, -0.05) is 19.9 Å². The third-order valence-corrected chi connectivity index (χ3v) is 1.10. The minimum absolute atomic E-state index is 0.653. The Morgan fingerprint density at radius 1 is 1.56 bits per heavy atom. The second-order valence-electron chi connectivity index (χ2n) is 2.70. The molecule has 0 fully saturated rings. The molecule has 0 saturated carbocycles. The summed E-state index contributed by atoms with van der Waals surface area (Å²) in [7, 11) is 0. The number of hydrogen-bond acceptors (Lipinski definition) is 1. The van der Waals surface area contributed by atoms with Gasteiger partial charge in [0, 0.05) is 0 Å². The highest BCUT2D eigenvalue weighted by Gasteiger charge is 1.89. The van der Waals surface area contributed by atoms with Crippen LogP contribution < -0.4 is 0 Å². The summed E-state index contributed by atoms with van der Waals surface area (Å²) >= 11 is 0. The Morgan fingerprint density at radius 2 is 2.11 bits per heavy atom. The fourth-order valence-corrected chi connectivity index (χ4v) is 0.470. The molecule has 0 amide bonds. The molecule has 0 saturated heterocycles. The SMILES string of the molecule is C/C(C=O)=C/CC(C)C. The lowest BCUT2D eigenvalue weighted by Gasteiger charge is -1.96. The highest BCUT2D eigenvalue weighted by Crippen LogP contribution is 2.01. The molecule has 0 unspecified atom stereocenters. The number of carbonyl (C=O) groups excluding carboxylic acids is 1. The molecule has 0 bridgehead atoms. The van der Waals surface area contributed by atoms with Gasteiger partial charge in [-0.15, -0.1) is 0 Å². The standard InChI is InChI=1S/C8H14O/c1-7(2)4-5-8(3)6-9/h5-7H,4H2,1-3H3/b8-5-. The summed E-state index contributed by atoms with van der Waals surface area (Å²) in [6.45, 7) is 6.10. The molecule has 0 aromatic carbocycles. The Morgan fingerprint density at radius 3 is 2.44 bits per heavy atom. The monoisotopic (exact) mass is 126 g/mol. The first-order chi connectivity index (χ1) is 4.16. The first-order valence-corrected chi connectivity index (χ1v) is 3.28. The number of allylic oxidation sites excluding steroid dienone is 2. The zero-order valence-electron chi connectivity index (χ0n) is 6.35. The van der Waals surface area contributed by atoms with E-state index < -0.39 is 0 Å². The average molecular weight is 126 g/mol. The molecule has 1 nitrogen and oxygen atoms in total. The second kappa shape index (κ2) is 4.30. The molecule has 0 aliphatic rings. The van der Waals surface area contributed by atoms with Gasteiger partial charge in [0.2, 0.25) is 0 Å². The van der Waals surface area contributed by atoms with Crippen molar-refractivity contribution in [2.75, 3.05) is 0 Å². The molecule has 0 rings (SSSR count). The smallest absolute Gasteiger partial charge is 0.145 e. The van der Waals surface area contributed by atoms with Gasteiger partial charge in [-0.05, 0) is 24.8 Å². The van der Waals surface area contributed by atoms with E-state index in [1.807, 2.05) is 13.0 Å². The number of aldehydes is 1. The van der Waals surface area contributed by atoms with Crippen LogP contribution in [0.1, 0.15) is 27.2 Å². The molecule has 0 heterocycles. The molecule has 0 aromatic heterocycles. The molecule has 0 aliphatic carbocycles. The third kappa shape index (κ3) is 5.28. The molecule has 0 radical (unpaired) electrons. The quantitative estimate of drug-likeness (QED) is 0.418. The molecule has 0 atom stereocenters. The lowest BCUT2D eigenvalue weighted by molar-refractivity contribution is -0.104. The Kier molecular flexibility index (Phi) is 4.02. The van der Waals surface area contributed by atoms with Gasteiger partial charge in [0.15, 0.2) is 0 Å². The van der Waals surface area contributed by atoms with Crippen molar-refractivity contribution in [3.8, 4) is 0 Å². The van der Waals surface area contributed by atoms with Gasteiger partial charge in [-0.25, -0.2) is 0 Å². The fourth-order valence-electron chi connectivity index (χ4n) is 0.470. The van der Waals surface area contributed by atoms with Gasteiger partial charge < -0.3 is 0 Å². The highest BCUT2D eigenvalue weighted by molar-refractivity contribution is 5.71. The highest BCUT2D eigenvalue weighted by atomic mass is 16.1. The summed E-state index contributed by atoms with van der Waals surface area (Å²) in [6.07, 6.45) is 3.87. The van der Waals surface area contributed by atoms with Crippen LogP contribution in [0.25, 0.3) is 0 Å². The molecular formula is C8H14O. The summed E-state index contributed by atoms with van der Waals surface area (Å²) in [5.41, 5.74) is 0.837. The first kappa shape index (κ1) is 8.41. The van der Waals surface area contributed by atoms with Gasteiger partial charge in [-0.2, -0.15) is 0 Å². The largest absolute Gasteiger partial charge is 0.298 e. The summed E-state index contributed by atoms with van der Waals surface area (Å²) in [4.78, 5) is 10.0. The van der Waals surface area contributed by atoms with Crippen molar-refractivity contribution >= 4 is 6.29 Å². The first-order valence-electron chi connectivity index (χ1n) is 3.28. The normalized spacial score (nSPS) is 12.2. The average Bonchev–Trinajstić information content (AvgIpc) is 1.83. The van der Waals surface area contributed by atoms with Crippen LogP contribution in [0.15, 0.2) is 11.6 Å². The maximum atomic E-state index is 10.0. The van der Waals surface area contributed by atoms with Crippen molar-refractivity contribution in [2.45, 2.75) is 27.2 Å². The van der Waals surface area contributed by atoms with Gasteiger partial charge >= 0.3 is 0 Å².